The van der Waals surface area contributed by atoms with Crippen molar-refractivity contribution in [1.82, 2.24) is 10.2 Å². The third-order valence-corrected chi connectivity index (χ3v) is 3.14. The normalized spacial score (nSPS) is 10.6. The lowest BCUT2D eigenvalue weighted by Crippen LogP contribution is -1.91. The number of aryl methyl sites for hydroxylation is 3. The molecule has 0 saturated carbocycles. The van der Waals surface area contributed by atoms with E-state index in [1.54, 1.807) is 0 Å². The molecular formula is C12H13BrN2O. The van der Waals surface area contributed by atoms with Crippen LogP contribution < -0.4 is 0 Å². The van der Waals surface area contributed by atoms with Gasteiger partial charge in [-0.25, -0.2) is 0 Å². The van der Waals surface area contributed by atoms with Gasteiger partial charge in [0.1, 0.15) is 0 Å². The van der Waals surface area contributed by atoms with Crippen LogP contribution >= 0.6 is 15.9 Å². The van der Waals surface area contributed by atoms with E-state index in [1.807, 2.05) is 13.0 Å². The van der Waals surface area contributed by atoms with Crippen molar-refractivity contribution in [3.63, 3.8) is 0 Å². The van der Waals surface area contributed by atoms with E-state index in [0.29, 0.717) is 5.89 Å². The molecule has 0 aliphatic heterocycles. The molecule has 0 aliphatic rings. The maximum absolute atomic E-state index is 5.32. The van der Waals surface area contributed by atoms with Crippen LogP contribution in [0.5, 0.6) is 0 Å². The Labute approximate surface area is 103 Å². The van der Waals surface area contributed by atoms with E-state index in [4.69, 9.17) is 4.42 Å². The highest BCUT2D eigenvalue weighted by molar-refractivity contribution is 9.10. The molecule has 16 heavy (non-hydrogen) atoms. The number of nitrogens with zero attached hydrogens (tertiary/aromatic N) is 2. The number of rotatable bonds is 4. The van der Waals surface area contributed by atoms with Crippen LogP contribution in [0.2, 0.25) is 0 Å². The number of hydrogen-bond donors (Lipinski definition) is 0. The van der Waals surface area contributed by atoms with Crippen molar-refractivity contribution in [2.24, 2.45) is 0 Å². The molecule has 0 aliphatic carbocycles. The summed E-state index contributed by atoms with van der Waals surface area (Å²) in [5.74, 6) is 1.36. The van der Waals surface area contributed by atoms with Crippen LogP contribution in [-0.2, 0) is 12.8 Å². The number of hydrogen-bond acceptors (Lipinski definition) is 3. The fourth-order valence-corrected chi connectivity index (χ4v) is 2.05. The van der Waals surface area contributed by atoms with Gasteiger partial charge in [0, 0.05) is 17.8 Å². The summed E-state index contributed by atoms with van der Waals surface area (Å²) in [6, 6.07) is 8.27. The van der Waals surface area contributed by atoms with Gasteiger partial charge in [0.05, 0.1) is 0 Å². The molecule has 1 aromatic heterocycles. The summed E-state index contributed by atoms with van der Waals surface area (Å²) in [5, 5.41) is 7.77. The number of aromatic nitrogens is 2. The van der Waals surface area contributed by atoms with Gasteiger partial charge < -0.3 is 4.42 Å². The molecule has 1 heterocycles. The molecule has 84 valence electrons. The predicted octanol–water partition coefficient (Wildman–Crippen LogP) is 3.32. The largest absolute Gasteiger partial charge is 0.426 e. The maximum Gasteiger partial charge on any atom is 0.216 e. The Morgan fingerprint density at radius 1 is 1.19 bits per heavy atom. The molecular weight excluding hydrogens is 268 g/mol. The van der Waals surface area contributed by atoms with E-state index >= 15 is 0 Å². The Morgan fingerprint density at radius 2 is 2.00 bits per heavy atom. The molecule has 0 radical (unpaired) electrons. The van der Waals surface area contributed by atoms with Gasteiger partial charge in [-0.1, -0.05) is 34.1 Å². The predicted molar refractivity (Wildman–Crippen MR) is 65.2 cm³/mol. The van der Waals surface area contributed by atoms with Gasteiger partial charge >= 0.3 is 0 Å². The average Bonchev–Trinajstić information content (AvgIpc) is 2.67. The van der Waals surface area contributed by atoms with Crippen molar-refractivity contribution < 1.29 is 4.42 Å². The average molecular weight is 281 g/mol. The molecule has 1 aromatic carbocycles. The fourth-order valence-electron chi connectivity index (χ4n) is 1.57. The zero-order valence-electron chi connectivity index (χ0n) is 9.11. The van der Waals surface area contributed by atoms with E-state index < -0.39 is 0 Å². The first-order valence-corrected chi connectivity index (χ1v) is 6.07. The highest BCUT2D eigenvalue weighted by Gasteiger charge is 2.03. The van der Waals surface area contributed by atoms with Crippen LogP contribution in [0, 0.1) is 6.92 Å². The van der Waals surface area contributed by atoms with Crippen LogP contribution in [0.4, 0.5) is 0 Å². The van der Waals surface area contributed by atoms with E-state index in [-0.39, 0.29) is 0 Å². The van der Waals surface area contributed by atoms with Gasteiger partial charge in [-0.15, -0.1) is 10.2 Å². The van der Waals surface area contributed by atoms with Crippen LogP contribution in [-0.4, -0.2) is 10.2 Å². The second kappa shape index (κ2) is 5.25. The zero-order chi connectivity index (χ0) is 11.4. The molecule has 0 atom stereocenters. The second-order valence-electron chi connectivity index (χ2n) is 3.66. The van der Waals surface area contributed by atoms with E-state index in [9.17, 15) is 0 Å². The zero-order valence-corrected chi connectivity index (χ0v) is 10.7. The molecule has 0 bridgehead atoms. The Morgan fingerprint density at radius 3 is 2.69 bits per heavy atom. The molecule has 0 saturated heterocycles. The summed E-state index contributed by atoms with van der Waals surface area (Å²) >= 11 is 3.54. The minimum Gasteiger partial charge on any atom is -0.426 e. The van der Waals surface area contributed by atoms with E-state index in [1.165, 1.54) is 5.56 Å². The first-order valence-electron chi connectivity index (χ1n) is 5.28. The third kappa shape index (κ3) is 2.92. The van der Waals surface area contributed by atoms with E-state index in [2.05, 4.69) is 44.3 Å². The summed E-state index contributed by atoms with van der Waals surface area (Å²) in [6.07, 6.45) is 2.87. The van der Waals surface area contributed by atoms with Gasteiger partial charge in [-0.3, -0.25) is 0 Å². The van der Waals surface area contributed by atoms with Crippen molar-refractivity contribution in [3.05, 3.63) is 46.1 Å². The Balaban J connectivity index is 1.87. The number of benzene rings is 1. The van der Waals surface area contributed by atoms with Crippen LogP contribution in [0.25, 0.3) is 0 Å². The highest BCUT2D eigenvalue weighted by atomic mass is 79.9. The van der Waals surface area contributed by atoms with Crippen molar-refractivity contribution in [3.8, 4) is 0 Å². The highest BCUT2D eigenvalue weighted by Crippen LogP contribution is 2.18. The summed E-state index contributed by atoms with van der Waals surface area (Å²) in [4.78, 5) is 0. The van der Waals surface area contributed by atoms with Crippen molar-refractivity contribution in [1.29, 1.82) is 0 Å². The Hall–Kier alpha value is -1.16. The smallest absolute Gasteiger partial charge is 0.216 e. The summed E-state index contributed by atoms with van der Waals surface area (Å²) in [5.41, 5.74) is 1.32. The lowest BCUT2D eigenvalue weighted by Gasteiger charge is -2.02. The van der Waals surface area contributed by atoms with Crippen LogP contribution in [0.1, 0.15) is 23.8 Å². The maximum atomic E-state index is 5.32. The van der Waals surface area contributed by atoms with Crippen molar-refractivity contribution in [2.45, 2.75) is 26.2 Å². The summed E-state index contributed by atoms with van der Waals surface area (Å²) in [7, 11) is 0. The number of halogens is 1. The van der Waals surface area contributed by atoms with Crippen molar-refractivity contribution in [2.75, 3.05) is 0 Å². The summed E-state index contributed by atoms with van der Waals surface area (Å²) < 4.78 is 6.48. The third-order valence-electron chi connectivity index (χ3n) is 2.36. The molecule has 2 rings (SSSR count). The second-order valence-corrected chi connectivity index (χ2v) is 4.51. The van der Waals surface area contributed by atoms with Gasteiger partial charge in [0.15, 0.2) is 0 Å². The molecule has 2 aromatic rings. The molecule has 3 nitrogen and oxygen atoms in total. The van der Waals surface area contributed by atoms with Gasteiger partial charge in [0.25, 0.3) is 0 Å². The molecule has 4 heteroatoms. The van der Waals surface area contributed by atoms with Crippen LogP contribution in [0.15, 0.2) is 33.2 Å². The van der Waals surface area contributed by atoms with E-state index in [0.717, 1.165) is 29.6 Å². The van der Waals surface area contributed by atoms with Crippen molar-refractivity contribution >= 4 is 15.9 Å². The summed E-state index contributed by atoms with van der Waals surface area (Å²) in [6.45, 7) is 1.81. The van der Waals surface area contributed by atoms with Gasteiger partial charge in [0.2, 0.25) is 11.8 Å². The molecule has 0 amide bonds. The first kappa shape index (κ1) is 11.3. The van der Waals surface area contributed by atoms with Gasteiger partial charge in [-0.2, -0.15) is 0 Å². The lowest BCUT2D eigenvalue weighted by molar-refractivity contribution is 0.461. The monoisotopic (exact) mass is 280 g/mol. The minimum atomic E-state index is 0.635. The van der Waals surface area contributed by atoms with Gasteiger partial charge in [-0.05, 0) is 24.5 Å². The molecule has 0 fully saturated rings. The fraction of sp³-hybridized carbons (Fsp3) is 0.333. The minimum absolute atomic E-state index is 0.635. The Kier molecular flexibility index (Phi) is 3.72. The molecule has 0 spiro atoms. The Bertz CT molecular complexity index is 468. The quantitative estimate of drug-likeness (QED) is 0.863. The lowest BCUT2D eigenvalue weighted by atomic mass is 10.1. The molecule has 0 N–H and O–H groups in total. The molecule has 0 unspecified atom stereocenters. The van der Waals surface area contributed by atoms with Crippen LogP contribution in [0.3, 0.4) is 0 Å². The SMILES string of the molecule is Cc1nnc(CCCc2ccccc2Br)o1. The first-order chi connectivity index (χ1) is 7.75. The topological polar surface area (TPSA) is 38.9 Å². The standard InChI is InChI=1S/C12H13BrN2O/c1-9-14-15-12(16-9)8-4-6-10-5-2-3-7-11(10)13/h2-3,5,7H,4,6,8H2,1H3.